The second-order valence-corrected chi connectivity index (χ2v) is 13.7. The van der Waals surface area contributed by atoms with Crippen LogP contribution in [0.5, 0.6) is 0 Å². The van der Waals surface area contributed by atoms with Gasteiger partial charge in [-0.05, 0) is 68.0 Å². The topological polar surface area (TPSA) is 156 Å². The van der Waals surface area contributed by atoms with Crippen LogP contribution in [0.25, 0.3) is 16.6 Å². The Hall–Kier alpha value is -5.59. The Bertz CT molecular complexity index is 2120. The molecule has 0 bridgehead atoms. The number of hydrogen-bond acceptors (Lipinski definition) is 8. The number of aromatic nitrogens is 5. The summed E-state index contributed by atoms with van der Waals surface area (Å²) in [5.41, 5.74) is 6.09. The number of nitrogens with zero attached hydrogens (tertiary/aromatic N) is 6. The number of amides is 4. The van der Waals surface area contributed by atoms with Crippen molar-refractivity contribution in [2.45, 2.75) is 63.7 Å². The number of benzene rings is 2. The lowest BCUT2D eigenvalue weighted by Crippen LogP contribution is -2.39. The van der Waals surface area contributed by atoms with E-state index in [1.54, 1.807) is 22.3 Å². The predicted octanol–water partition coefficient (Wildman–Crippen LogP) is 4.15. The highest BCUT2D eigenvalue weighted by Crippen LogP contribution is 2.37. The van der Waals surface area contributed by atoms with Crippen LogP contribution in [0.3, 0.4) is 0 Å². The Morgan fingerprint density at radius 2 is 1.88 bits per heavy atom. The van der Waals surface area contributed by atoms with E-state index in [1.807, 2.05) is 31.3 Å². The summed E-state index contributed by atoms with van der Waals surface area (Å²) in [7, 11) is 1.79. The Morgan fingerprint density at radius 3 is 2.68 bits per heavy atom. The molecule has 258 valence electrons. The molecule has 1 unspecified atom stereocenters. The van der Waals surface area contributed by atoms with Crippen molar-refractivity contribution in [2.24, 2.45) is 7.05 Å². The molecule has 2 fully saturated rings. The Kier molecular flexibility index (Phi) is 8.81. The van der Waals surface area contributed by atoms with E-state index in [2.05, 4.69) is 73.3 Å². The van der Waals surface area contributed by atoms with Gasteiger partial charge in [0.1, 0.15) is 0 Å². The van der Waals surface area contributed by atoms with Gasteiger partial charge in [-0.25, -0.2) is 9.50 Å². The normalized spacial score (nSPS) is 19.3. The van der Waals surface area contributed by atoms with E-state index in [0.29, 0.717) is 42.8 Å². The predicted molar refractivity (Wildman–Crippen MR) is 189 cm³/mol. The monoisotopic (exact) mass is 675 g/mol. The molecule has 0 saturated carbocycles. The third-order valence-electron chi connectivity index (χ3n) is 9.96. The first-order valence-corrected chi connectivity index (χ1v) is 17.1. The quantitative estimate of drug-likeness (QED) is 0.147. The smallest absolute Gasteiger partial charge is 0.290 e. The largest absolute Gasteiger partial charge is 0.369 e. The highest BCUT2D eigenvalue weighted by molar-refractivity contribution is 6.03. The SMILES string of the molecule is Cc1cc(N2CC[C@](C)(c3ccccc3)C2)cn2nc(C(=O)NCCCCC(=O)Nc3ccc4c(C5CCC(=O)NC5=O)nn(C)c4c3)nc12. The maximum absolute atomic E-state index is 12.9. The minimum Gasteiger partial charge on any atom is -0.369 e. The zero-order chi connectivity index (χ0) is 35.0. The lowest BCUT2D eigenvalue weighted by atomic mass is 9.82. The van der Waals surface area contributed by atoms with Crippen LogP contribution in [0, 0.1) is 6.92 Å². The highest BCUT2D eigenvalue weighted by Gasteiger charge is 2.36. The molecule has 0 spiro atoms. The van der Waals surface area contributed by atoms with Crippen LogP contribution in [0.2, 0.25) is 0 Å². The summed E-state index contributed by atoms with van der Waals surface area (Å²) in [6, 6.07) is 18.2. The number of anilines is 2. The molecule has 2 atom stereocenters. The van der Waals surface area contributed by atoms with Crippen LogP contribution in [0.4, 0.5) is 11.4 Å². The number of rotatable bonds is 10. The van der Waals surface area contributed by atoms with Crippen molar-refractivity contribution in [3.8, 4) is 0 Å². The standard InChI is InChI=1S/C37H41N9O4/c1-23-19-26(45-18-16-37(2,22-45)24-9-5-4-6-10-24)21-46-34(23)41-33(43-46)36(50)38-17-8-7-11-30(47)39-25-12-13-27-29(20-25)44(3)42-32(27)28-14-15-31(48)40-35(28)49/h4-6,9-10,12-13,19-21,28H,7-8,11,14-18,22H2,1-3H3,(H,38,50)(H,39,47)(H,40,48,49)/t28?,37-/m0/s1. The van der Waals surface area contributed by atoms with E-state index in [4.69, 9.17) is 0 Å². The Labute approximate surface area is 289 Å². The Balaban J connectivity index is 0.894. The van der Waals surface area contributed by atoms with Crippen molar-refractivity contribution in [1.29, 1.82) is 0 Å². The number of carbonyl (C=O) groups excluding carboxylic acids is 4. The van der Waals surface area contributed by atoms with Gasteiger partial charge < -0.3 is 15.5 Å². The molecule has 4 amide bonds. The van der Waals surface area contributed by atoms with Gasteiger partial charge in [-0.2, -0.15) is 5.10 Å². The number of carbonyl (C=O) groups is 4. The Morgan fingerprint density at radius 1 is 1.06 bits per heavy atom. The summed E-state index contributed by atoms with van der Waals surface area (Å²) in [6.45, 7) is 6.52. The van der Waals surface area contributed by atoms with Gasteiger partial charge in [-0.15, -0.1) is 5.10 Å². The number of hydrogen-bond donors (Lipinski definition) is 3. The fraction of sp³-hybridized carbons (Fsp3) is 0.378. The molecule has 13 nitrogen and oxygen atoms in total. The van der Waals surface area contributed by atoms with Crippen molar-refractivity contribution < 1.29 is 19.2 Å². The summed E-state index contributed by atoms with van der Waals surface area (Å²) in [4.78, 5) is 56.5. The molecule has 7 rings (SSSR count). The van der Waals surface area contributed by atoms with Gasteiger partial charge in [0.2, 0.25) is 23.5 Å². The molecule has 13 heteroatoms. The van der Waals surface area contributed by atoms with Crippen molar-refractivity contribution >= 4 is 51.6 Å². The number of fused-ring (bicyclic) bond motifs is 2. The van der Waals surface area contributed by atoms with Gasteiger partial charge >= 0.3 is 0 Å². The highest BCUT2D eigenvalue weighted by atomic mass is 16.2. The van der Waals surface area contributed by atoms with Crippen molar-refractivity contribution in [2.75, 3.05) is 29.9 Å². The van der Waals surface area contributed by atoms with Crippen molar-refractivity contribution in [1.82, 2.24) is 35.0 Å². The lowest BCUT2D eigenvalue weighted by Gasteiger charge is -2.26. The van der Waals surface area contributed by atoms with Gasteiger partial charge in [-0.3, -0.25) is 29.2 Å². The van der Waals surface area contributed by atoms with E-state index < -0.39 is 5.92 Å². The van der Waals surface area contributed by atoms with Gasteiger partial charge in [0.05, 0.1) is 29.0 Å². The molecule has 0 radical (unpaired) electrons. The minimum atomic E-state index is -0.491. The number of pyridine rings is 1. The van der Waals surface area contributed by atoms with Gasteiger partial charge in [0, 0.05) is 56.0 Å². The fourth-order valence-electron chi connectivity index (χ4n) is 7.15. The van der Waals surface area contributed by atoms with E-state index in [-0.39, 0.29) is 47.7 Å². The van der Waals surface area contributed by atoms with Crippen LogP contribution >= 0.6 is 0 Å². The number of aryl methyl sites for hydroxylation is 2. The van der Waals surface area contributed by atoms with Crippen molar-refractivity contribution in [3.63, 3.8) is 0 Å². The first-order chi connectivity index (χ1) is 24.1. The molecule has 5 aromatic rings. The fourth-order valence-corrected chi connectivity index (χ4v) is 7.15. The zero-order valence-corrected chi connectivity index (χ0v) is 28.5. The summed E-state index contributed by atoms with van der Waals surface area (Å²) >= 11 is 0. The van der Waals surface area contributed by atoms with Gasteiger partial charge in [-0.1, -0.05) is 37.3 Å². The van der Waals surface area contributed by atoms with E-state index in [1.165, 1.54) is 5.56 Å². The van der Waals surface area contributed by atoms with Crippen molar-refractivity contribution in [3.05, 3.63) is 83.4 Å². The molecular formula is C37H41N9O4. The van der Waals surface area contributed by atoms with Crippen LogP contribution in [0.15, 0.2) is 60.8 Å². The first-order valence-electron chi connectivity index (χ1n) is 17.1. The van der Waals surface area contributed by atoms with Gasteiger partial charge in [0.15, 0.2) is 5.65 Å². The maximum Gasteiger partial charge on any atom is 0.290 e. The lowest BCUT2D eigenvalue weighted by molar-refractivity contribution is -0.134. The number of unbranched alkanes of at least 4 members (excludes halogenated alkanes) is 1. The summed E-state index contributed by atoms with van der Waals surface area (Å²) in [5, 5.41) is 18.1. The summed E-state index contributed by atoms with van der Waals surface area (Å²) < 4.78 is 3.38. The minimum absolute atomic E-state index is 0.0671. The van der Waals surface area contributed by atoms with Crippen LogP contribution in [-0.2, 0) is 26.8 Å². The third-order valence-corrected chi connectivity index (χ3v) is 9.96. The first kappa shape index (κ1) is 32.9. The number of nitrogens with one attached hydrogen (secondary N) is 3. The molecule has 2 aliphatic heterocycles. The molecule has 2 saturated heterocycles. The zero-order valence-electron chi connectivity index (χ0n) is 28.5. The van der Waals surface area contributed by atoms with E-state index in [9.17, 15) is 19.2 Å². The molecule has 2 aromatic carbocycles. The van der Waals surface area contributed by atoms with Crippen LogP contribution < -0.4 is 20.9 Å². The number of imide groups is 1. The number of piperidine rings is 1. The molecule has 5 heterocycles. The second-order valence-electron chi connectivity index (χ2n) is 13.7. The molecule has 3 aromatic heterocycles. The van der Waals surface area contributed by atoms with Crippen LogP contribution in [0.1, 0.15) is 78.8 Å². The molecule has 50 heavy (non-hydrogen) atoms. The second kappa shape index (κ2) is 13.4. The van der Waals surface area contributed by atoms with E-state index in [0.717, 1.165) is 41.7 Å². The van der Waals surface area contributed by atoms with Gasteiger partial charge in [0.25, 0.3) is 5.91 Å². The molecular weight excluding hydrogens is 634 g/mol. The molecule has 0 aliphatic carbocycles. The average molecular weight is 676 g/mol. The van der Waals surface area contributed by atoms with E-state index >= 15 is 0 Å². The maximum atomic E-state index is 12.9. The third kappa shape index (κ3) is 6.55. The molecule has 2 aliphatic rings. The molecule has 3 N–H and O–H groups in total. The summed E-state index contributed by atoms with van der Waals surface area (Å²) in [6.07, 6.45) is 5.18. The average Bonchev–Trinajstić information content (AvgIpc) is 3.81. The summed E-state index contributed by atoms with van der Waals surface area (Å²) in [5.74, 6) is -1.47. The van der Waals surface area contributed by atoms with Crippen LogP contribution in [-0.4, -0.2) is 67.6 Å².